The largest absolute Gasteiger partial charge is 0.419 e. The van der Waals surface area contributed by atoms with Gasteiger partial charge in [0.1, 0.15) is 0 Å². The van der Waals surface area contributed by atoms with Gasteiger partial charge < -0.3 is 9.47 Å². The molecule has 0 amide bonds. The molecule has 0 radical (unpaired) electrons. The van der Waals surface area contributed by atoms with Crippen LogP contribution in [0, 0.1) is 6.92 Å². The monoisotopic (exact) mass is 430 g/mol. The first-order valence-corrected chi connectivity index (χ1v) is 11.2. The summed E-state index contributed by atoms with van der Waals surface area (Å²) in [6, 6.07) is 19.8. The number of aryl methyl sites for hydroxylation is 2. The fourth-order valence-electron chi connectivity index (χ4n) is 3.68. The molecule has 4 heteroatoms. The van der Waals surface area contributed by atoms with Crippen molar-refractivity contribution in [3.05, 3.63) is 94.5 Å². The van der Waals surface area contributed by atoms with Crippen LogP contribution >= 0.6 is 0 Å². The Morgan fingerprint density at radius 1 is 0.719 bits per heavy atom. The minimum absolute atomic E-state index is 0.314. The molecule has 3 aromatic rings. The van der Waals surface area contributed by atoms with Gasteiger partial charge in [-0.3, -0.25) is 0 Å². The molecule has 32 heavy (non-hydrogen) atoms. The number of hydrogen-bond donors (Lipinski definition) is 0. The second kappa shape index (κ2) is 11.3. The van der Waals surface area contributed by atoms with Crippen LogP contribution in [-0.4, -0.2) is 11.9 Å². The topological polar surface area (TPSA) is 52.6 Å². The van der Waals surface area contributed by atoms with Crippen molar-refractivity contribution in [1.82, 2.24) is 0 Å². The van der Waals surface area contributed by atoms with Crippen molar-refractivity contribution in [2.45, 2.75) is 52.9 Å². The van der Waals surface area contributed by atoms with E-state index in [1.165, 1.54) is 0 Å². The Morgan fingerprint density at radius 2 is 1.25 bits per heavy atom. The first-order chi connectivity index (χ1) is 15.5. The molecule has 4 nitrogen and oxygen atoms in total. The van der Waals surface area contributed by atoms with Gasteiger partial charge in [0, 0.05) is 5.56 Å². The molecule has 166 valence electrons. The highest BCUT2D eigenvalue weighted by atomic mass is 16.6. The number of ether oxygens (including phenoxy) is 2. The lowest BCUT2D eigenvalue weighted by Gasteiger charge is -2.20. The molecule has 0 saturated heterocycles. The summed E-state index contributed by atoms with van der Waals surface area (Å²) in [5.41, 5.74) is 3.75. The van der Waals surface area contributed by atoms with E-state index in [0.717, 1.165) is 48.8 Å². The summed E-state index contributed by atoms with van der Waals surface area (Å²) in [6.45, 7) is 6.13. The maximum atomic E-state index is 13.0. The van der Waals surface area contributed by atoms with Crippen molar-refractivity contribution in [1.29, 1.82) is 0 Å². The van der Waals surface area contributed by atoms with Crippen LogP contribution in [0.4, 0.5) is 0 Å². The Kier molecular flexibility index (Phi) is 8.20. The fourth-order valence-corrected chi connectivity index (χ4v) is 3.68. The van der Waals surface area contributed by atoms with E-state index in [0.29, 0.717) is 22.6 Å². The third-order valence-corrected chi connectivity index (χ3v) is 5.32. The third-order valence-electron chi connectivity index (χ3n) is 5.32. The van der Waals surface area contributed by atoms with Crippen molar-refractivity contribution in [3.63, 3.8) is 0 Å². The summed E-state index contributed by atoms with van der Waals surface area (Å²) in [5, 5.41) is 0. The zero-order valence-electron chi connectivity index (χ0n) is 19.0. The predicted octanol–water partition coefficient (Wildman–Crippen LogP) is 6.73. The Balaban J connectivity index is 2.08. The van der Waals surface area contributed by atoms with Gasteiger partial charge in [0.05, 0.1) is 11.1 Å². The van der Waals surface area contributed by atoms with Crippen LogP contribution < -0.4 is 9.47 Å². The number of carbonyl (C=O) groups is 2. The molecule has 0 fully saturated rings. The summed E-state index contributed by atoms with van der Waals surface area (Å²) >= 11 is 0. The first kappa shape index (κ1) is 23.3. The molecule has 3 aromatic carbocycles. The van der Waals surface area contributed by atoms with Crippen LogP contribution in [0.15, 0.2) is 66.7 Å². The smallest absolute Gasteiger partial charge is 0.343 e. The molecule has 0 unspecified atom stereocenters. The molecule has 0 aliphatic rings. The number of hydrogen-bond acceptors (Lipinski definition) is 4. The highest BCUT2D eigenvalue weighted by molar-refractivity contribution is 5.93. The van der Waals surface area contributed by atoms with Gasteiger partial charge >= 0.3 is 11.9 Å². The molecular formula is C28H30O4. The van der Waals surface area contributed by atoms with Crippen LogP contribution in [0.2, 0.25) is 0 Å². The maximum absolute atomic E-state index is 13.0. The highest BCUT2D eigenvalue weighted by Crippen LogP contribution is 2.40. The van der Waals surface area contributed by atoms with E-state index in [9.17, 15) is 9.59 Å². The summed E-state index contributed by atoms with van der Waals surface area (Å²) in [7, 11) is 0. The zero-order chi connectivity index (χ0) is 22.9. The second-order valence-electron chi connectivity index (χ2n) is 7.85. The number of esters is 2. The standard InChI is InChI=1S/C28H30O4/c1-4-6-18-24-23(13-5-2)19-20(3)25(31-27(29)21-14-9-7-10-15-21)26(24)32-28(30)22-16-11-8-12-17-22/h7-12,14-17,19H,4-6,13,18H2,1-3H3. The first-order valence-electron chi connectivity index (χ1n) is 11.2. The van der Waals surface area contributed by atoms with Crippen molar-refractivity contribution < 1.29 is 19.1 Å². The van der Waals surface area contributed by atoms with Gasteiger partial charge in [-0.25, -0.2) is 9.59 Å². The third kappa shape index (κ3) is 5.64. The van der Waals surface area contributed by atoms with Gasteiger partial charge in [-0.05, 0) is 61.6 Å². The van der Waals surface area contributed by atoms with E-state index < -0.39 is 11.9 Å². The summed E-state index contributed by atoms with van der Waals surface area (Å²) < 4.78 is 11.8. The van der Waals surface area contributed by atoms with Gasteiger partial charge in [-0.15, -0.1) is 0 Å². The molecule has 0 aliphatic carbocycles. The van der Waals surface area contributed by atoms with Gasteiger partial charge in [0.25, 0.3) is 0 Å². The SMILES string of the molecule is CCCCc1c(CCC)cc(C)c(OC(=O)c2ccccc2)c1OC(=O)c1ccccc1. The number of rotatable bonds is 9. The Bertz CT molecular complexity index is 1060. The van der Waals surface area contributed by atoms with Crippen LogP contribution in [0.25, 0.3) is 0 Å². The van der Waals surface area contributed by atoms with Crippen molar-refractivity contribution in [3.8, 4) is 11.5 Å². The molecule has 0 heterocycles. The van der Waals surface area contributed by atoms with Crippen LogP contribution in [0.1, 0.15) is 70.5 Å². The molecule has 0 spiro atoms. The van der Waals surface area contributed by atoms with Crippen LogP contribution in [0.5, 0.6) is 11.5 Å². The van der Waals surface area contributed by atoms with E-state index in [-0.39, 0.29) is 0 Å². The maximum Gasteiger partial charge on any atom is 0.343 e. The van der Waals surface area contributed by atoms with E-state index in [2.05, 4.69) is 19.9 Å². The summed E-state index contributed by atoms with van der Waals surface area (Å²) in [4.78, 5) is 25.8. The lowest BCUT2D eigenvalue weighted by molar-refractivity contribution is 0.0679. The van der Waals surface area contributed by atoms with Gasteiger partial charge in [0.2, 0.25) is 0 Å². The average molecular weight is 431 g/mol. The number of benzene rings is 3. The molecule has 0 N–H and O–H groups in total. The molecular weight excluding hydrogens is 400 g/mol. The predicted molar refractivity (Wildman–Crippen MR) is 127 cm³/mol. The minimum Gasteiger partial charge on any atom is -0.419 e. The molecule has 0 saturated carbocycles. The van der Waals surface area contributed by atoms with Crippen LogP contribution in [0.3, 0.4) is 0 Å². The van der Waals surface area contributed by atoms with E-state index in [1.807, 2.05) is 19.1 Å². The summed E-state index contributed by atoms with van der Waals surface area (Å²) in [5.74, 6) is -0.266. The number of unbranched alkanes of at least 4 members (excludes halogenated alkanes) is 1. The Morgan fingerprint density at radius 3 is 1.75 bits per heavy atom. The van der Waals surface area contributed by atoms with E-state index >= 15 is 0 Å². The normalized spacial score (nSPS) is 10.6. The van der Waals surface area contributed by atoms with Gasteiger partial charge in [0.15, 0.2) is 11.5 Å². The molecule has 0 aliphatic heterocycles. The fraction of sp³-hybridized carbons (Fsp3) is 0.286. The molecule has 3 rings (SSSR count). The quantitative estimate of drug-likeness (QED) is 0.279. The zero-order valence-corrected chi connectivity index (χ0v) is 19.0. The lowest BCUT2D eigenvalue weighted by atomic mass is 9.94. The minimum atomic E-state index is -0.476. The Hall–Kier alpha value is -3.40. The molecule has 0 aromatic heterocycles. The molecule has 0 bridgehead atoms. The van der Waals surface area contributed by atoms with E-state index in [4.69, 9.17) is 9.47 Å². The lowest BCUT2D eigenvalue weighted by Crippen LogP contribution is -2.16. The summed E-state index contributed by atoms with van der Waals surface area (Å²) in [6.07, 6.45) is 4.53. The van der Waals surface area contributed by atoms with Crippen molar-refractivity contribution in [2.75, 3.05) is 0 Å². The van der Waals surface area contributed by atoms with Crippen molar-refractivity contribution in [2.24, 2.45) is 0 Å². The average Bonchev–Trinajstić information content (AvgIpc) is 2.82. The number of carbonyl (C=O) groups excluding carboxylic acids is 2. The van der Waals surface area contributed by atoms with Gasteiger partial charge in [-0.1, -0.05) is 69.2 Å². The van der Waals surface area contributed by atoms with E-state index in [1.54, 1.807) is 48.5 Å². The van der Waals surface area contributed by atoms with Crippen LogP contribution in [-0.2, 0) is 12.8 Å². The molecule has 0 atom stereocenters. The second-order valence-corrected chi connectivity index (χ2v) is 7.85. The van der Waals surface area contributed by atoms with Crippen molar-refractivity contribution >= 4 is 11.9 Å². The Labute approximate surface area is 190 Å². The highest BCUT2D eigenvalue weighted by Gasteiger charge is 2.24. The van der Waals surface area contributed by atoms with Gasteiger partial charge in [-0.2, -0.15) is 0 Å².